The molecule has 6 aliphatic rings. The maximum absolute atomic E-state index is 13.5. The molecule has 38 heteroatoms. The third-order valence-corrected chi connectivity index (χ3v) is 27.9. The molecule has 3 amide bonds. The fourth-order valence-electron chi connectivity index (χ4n) is 18.2. The van der Waals surface area contributed by atoms with Crippen LogP contribution in [-0.2, 0) is 63.3 Å². The molecule has 0 aliphatic carbocycles. The number of halogens is 6. The number of amides is 3. The average molecular weight is 2050 g/mol. The van der Waals surface area contributed by atoms with Gasteiger partial charge < -0.3 is 76.0 Å². The fraction of sp³-hybridized carbons (Fsp3) is 0.356. The summed E-state index contributed by atoms with van der Waals surface area (Å²) in [5.41, 5.74) is 21.1. The number of nitrogens with one attached hydrogen (secondary N) is 4. The Labute approximate surface area is 852 Å². The molecule has 0 saturated carbocycles. The predicted octanol–water partition coefficient (Wildman–Crippen LogP) is 13.9. The van der Waals surface area contributed by atoms with Gasteiger partial charge in [0.2, 0.25) is 17.6 Å². The van der Waals surface area contributed by atoms with E-state index in [1.807, 2.05) is 122 Å². The topological polar surface area (TPSA) is 418 Å². The van der Waals surface area contributed by atoms with Crippen LogP contribution in [0.5, 0.6) is 17.6 Å². The van der Waals surface area contributed by atoms with Crippen LogP contribution in [0.25, 0.3) is 67.2 Å². The Balaban J connectivity index is 0.000000156. The normalized spacial score (nSPS) is 15.6. The van der Waals surface area contributed by atoms with Crippen molar-refractivity contribution in [1.82, 2.24) is 74.7 Å². The number of methoxy groups -OCH3 is 3. The Morgan fingerprint density at radius 3 is 1.04 bits per heavy atom. The summed E-state index contributed by atoms with van der Waals surface area (Å²) in [5.74, 6) is 1.60. The van der Waals surface area contributed by atoms with Crippen LogP contribution in [0.3, 0.4) is 0 Å². The van der Waals surface area contributed by atoms with E-state index in [0.29, 0.717) is 221 Å². The van der Waals surface area contributed by atoms with Gasteiger partial charge in [-0.3, -0.25) is 53.8 Å². The van der Waals surface area contributed by atoms with Crippen molar-refractivity contribution in [2.75, 3.05) is 129 Å². The third kappa shape index (κ3) is 24.8. The highest BCUT2D eigenvalue weighted by Crippen LogP contribution is 2.47. The minimum atomic E-state index is -1.19. The van der Waals surface area contributed by atoms with E-state index in [1.165, 1.54) is 5.56 Å². The summed E-state index contributed by atoms with van der Waals surface area (Å²) < 4.78 is 16.7. The molecule has 32 nitrogen and oxygen atoms in total. The number of carbonyl (C=O) groups excluding carboxylic acids is 4. The van der Waals surface area contributed by atoms with Crippen molar-refractivity contribution >= 4 is 111 Å². The number of nitrogens with zero attached hydrogens (tertiary/aromatic N) is 14. The van der Waals surface area contributed by atoms with Gasteiger partial charge in [0.25, 0.3) is 17.7 Å². The highest BCUT2D eigenvalue weighted by atomic mass is 35.5. The van der Waals surface area contributed by atoms with Gasteiger partial charge >= 0.3 is 0 Å². The Kier molecular flexibility index (Phi) is 35.5. The van der Waals surface area contributed by atoms with Gasteiger partial charge in [-0.1, -0.05) is 174 Å². The number of benzene rings is 6. The van der Waals surface area contributed by atoms with Crippen LogP contribution in [0.15, 0.2) is 146 Å². The number of hydrogen-bond donors (Lipinski definition) is 11. The van der Waals surface area contributed by atoms with Crippen molar-refractivity contribution in [3.05, 3.63) is 261 Å². The van der Waals surface area contributed by atoms with E-state index in [0.717, 1.165) is 121 Å². The summed E-state index contributed by atoms with van der Waals surface area (Å²) >= 11 is 41.7. The number of aldehydes is 1. The number of pyridine rings is 3. The van der Waals surface area contributed by atoms with Gasteiger partial charge in [-0.2, -0.15) is 0 Å². The smallest absolute Gasteiger partial charge is 0.274 e. The van der Waals surface area contributed by atoms with Gasteiger partial charge in [-0.05, 0) is 128 Å². The molecule has 6 aromatic heterocycles. The highest BCUT2D eigenvalue weighted by molar-refractivity contribution is 6.41. The molecular weight excluding hydrogens is 1940 g/mol. The van der Waals surface area contributed by atoms with Gasteiger partial charge in [0.15, 0.2) is 6.29 Å². The first-order valence-electron chi connectivity index (χ1n) is 46.6. The molecular formula is C104H112Cl6N18O14. The third-order valence-electron chi connectivity index (χ3n) is 25.4. The molecule has 0 bridgehead atoms. The number of ether oxygens (including phenoxy) is 3. The van der Waals surface area contributed by atoms with Crippen LogP contribution in [0.1, 0.15) is 113 Å². The number of aryl methyl sites for hydroxylation is 3. The van der Waals surface area contributed by atoms with E-state index in [2.05, 4.69) is 84.7 Å². The Morgan fingerprint density at radius 1 is 0.430 bits per heavy atom. The number of rotatable bonds is 29. The number of likely N-dealkylation sites (tertiary alicyclic amines) is 3. The number of aliphatic hydroxyl groups is 7. The van der Waals surface area contributed by atoms with Crippen molar-refractivity contribution in [3.63, 3.8) is 0 Å². The van der Waals surface area contributed by atoms with E-state index in [1.54, 1.807) is 76.3 Å². The summed E-state index contributed by atoms with van der Waals surface area (Å²) in [6.07, 6.45) is 4.61. The van der Waals surface area contributed by atoms with Gasteiger partial charge in [-0.15, -0.1) is 0 Å². The van der Waals surface area contributed by atoms with Crippen LogP contribution >= 0.6 is 69.6 Å². The van der Waals surface area contributed by atoms with Gasteiger partial charge in [0.1, 0.15) is 40.3 Å². The molecule has 0 radical (unpaired) electrons. The number of aliphatic hydroxyl groups excluding tert-OH is 7. The molecule has 6 aliphatic heterocycles. The largest absolute Gasteiger partial charge is 0.480 e. The maximum atomic E-state index is 13.5. The standard InChI is InChI=1S/C35H38Cl2N6O4.C34H36Cl2N6O5.C32H32Cl2N6O2.C3H6O3/c1-20-14-43(15-20)18-31-35(47-3)41-29(13-38-31)26-8-4-6-24(32(26)36)25-7-5-9-27(33(25)37)40-34(46)28-12-21(2)23-10-11-42(16-22(45)19-44)17-30(23)39-28;1-19-11-27(38-29-16-41(10-9-22(19)29)15-21(45)18-43)33(46)39-26-8-4-6-24(32(26)36)23-5-3-7-25(31(23)35)28-12-37-30(34(40-28)47-2)17-42-13-20(44)14-42;1-18-15-40(16-18)17-28-32(42-3)39-27(14-36-28)23-8-4-6-21(29(23)33)22-7-5-9-24(30(22)34)38-31(41)25-12-19(2)20-10-11-35-13-26(20)37-25;4-1-3(6)2-5/h4-9,12-13,20,22,44-45H,10-11,14-19H2,1-3H3,(H,40,46);3-8,11-12,20-21,43-45H,9-10,13-18H2,1-2H3,(H,39,46);4-9,12,14,18,35H,10-11,13,15-17H2,1-3H3,(H,38,41);1,3,5-6H,2H2. The van der Waals surface area contributed by atoms with E-state index >= 15 is 0 Å². The number of fused-ring (bicyclic) bond motifs is 3. The van der Waals surface area contributed by atoms with Crippen molar-refractivity contribution in [2.24, 2.45) is 11.8 Å². The number of β-amino-alcohol motifs (C(OH)–C–C–N with tert-alkyl or cyclic N) is 3. The van der Waals surface area contributed by atoms with E-state index in [9.17, 15) is 44.7 Å². The number of anilines is 3. The quantitative estimate of drug-likeness (QED) is 0.0194. The molecule has 3 unspecified atom stereocenters. The maximum Gasteiger partial charge on any atom is 0.274 e. The average Bonchev–Trinajstić information content (AvgIpc) is 0.784. The number of carbonyl (C=O) groups is 4. The second-order valence-electron chi connectivity index (χ2n) is 36.1. The minimum absolute atomic E-state index is 0.258. The van der Waals surface area contributed by atoms with E-state index in [4.69, 9.17) is 104 Å². The first-order valence-corrected chi connectivity index (χ1v) is 48.9. The Bertz CT molecular complexity index is 6380. The minimum Gasteiger partial charge on any atom is -0.480 e. The SMILES string of the molecule is COc1nc(-c2cccc(-c3cccc(NC(=O)c4cc(C)c5c(n4)CN(CC(O)CO)CC5)c3Cl)c2Cl)cnc1CN1CC(C)C1.COc1nc(-c2cccc(-c3cccc(NC(=O)c4cc(C)c5c(n4)CN(CC(O)CO)CC5)c3Cl)c2Cl)cnc1CN1CC(O)C1.COc1nc(-c2cccc(-c3cccc(NC(=O)c4cc(C)c5c(n4)CNCC5)c3Cl)c2Cl)cnc1CN1CC(C)C1.O=CC(O)CO. The first-order chi connectivity index (χ1) is 68.4. The van der Waals surface area contributed by atoms with E-state index in [-0.39, 0.29) is 42.9 Å². The summed E-state index contributed by atoms with van der Waals surface area (Å²) in [4.78, 5) is 102. The predicted molar refractivity (Wildman–Crippen MR) is 548 cm³/mol. The molecule has 6 aromatic carbocycles. The molecule has 18 rings (SSSR count). The number of aromatic nitrogens is 9. The second kappa shape index (κ2) is 47.9. The molecule has 3 saturated heterocycles. The van der Waals surface area contributed by atoms with Crippen LogP contribution in [0, 0.1) is 32.6 Å². The molecule has 11 N–H and O–H groups in total. The summed E-state index contributed by atoms with van der Waals surface area (Å²) in [6, 6.07) is 38.5. The van der Waals surface area contributed by atoms with E-state index < -0.39 is 36.7 Å². The monoisotopic (exact) mass is 2050 g/mol. The van der Waals surface area contributed by atoms with Gasteiger partial charge in [0, 0.05) is 155 Å². The first kappa shape index (κ1) is 105. The van der Waals surface area contributed by atoms with Crippen LogP contribution in [0.2, 0.25) is 30.1 Å². The molecule has 0 spiro atoms. The molecule has 3 fully saturated rings. The molecule has 142 heavy (non-hydrogen) atoms. The fourth-order valence-corrected chi connectivity index (χ4v) is 20.0. The lowest BCUT2D eigenvalue weighted by molar-refractivity contribution is -0.116. The van der Waals surface area contributed by atoms with Crippen LogP contribution < -0.4 is 35.5 Å². The Hall–Kier alpha value is -11.3. The van der Waals surface area contributed by atoms with Gasteiger partial charge in [0.05, 0.1) is 159 Å². The highest BCUT2D eigenvalue weighted by Gasteiger charge is 2.33. The lowest BCUT2D eigenvalue weighted by Crippen LogP contribution is -2.50. The summed E-state index contributed by atoms with van der Waals surface area (Å²) in [6.45, 7) is 21.2. The Morgan fingerprint density at radius 2 is 0.739 bits per heavy atom. The zero-order valence-corrected chi connectivity index (χ0v) is 84.2. The zero-order chi connectivity index (χ0) is 101. The molecule has 12 heterocycles. The molecule has 3 atom stereocenters. The second-order valence-corrected chi connectivity index (χ2v) is 38.4. The van der Waals surface area contributed by atoms with Crippen LogP contribution in [0.4, 0.5) is 17.1 Å². The van der Waals surface area contributed by atoms with Crippen molar-refractivity contribution in [1.29, 1.82) is 0 Å². The van der Waals surface area contributed by atoms with Crippen LogP contribution in [-0.4, -0.2) is 267 Å². The van der Waals surface area contributed by atoms with Crippen molar-refractivity contribution in [2.45, 2.75) is 118 Å². The summed E-state index contributed by atoms with van der Waals surface area (Å²) in [7, 11) is 4.74. The van der Waals surface area contributed by atoms with Gasteiger partial charge in [-0.25, -0.2) is 29.9 Å². The zero-order valence-electron chi connectivity index (χ0n) is 79.7. The number of hydrogen-bond acceptors (Lipinski definition) is 29. The molecule has 12 aromatic rings. The molecule has 744 valence electrons. The van der Waals surface area contributed by atoms with Crippen molar-refractivity contribution < 1.29 is 69.1 Å². The lowest BCUT2D eigenvalue weighted by Gasteiger charge is -2.36. The lowest BCUT2D eigenvalue weighted by atomic mass is 9.98. The van der Waals surface area contributed by atoms with Crippen molar-refractivity contribution in [3.8, 4) is 84.8 Å². The summed E-state index contributed by atoms with van der Waals surface area (Å²) in [5, 5.41) is 78.3.